The first-order chi connectivity index (χ1) is 10.3. The molecule has 0 bridgehead atoms. The van der Waals surface area contributed by atoms with Crippen molar-refractivity contribution in [1.82, 2.24) is 0 Å². The van der Waals surface area contributed by atoms with Crippen molar-refractivity contribution in [3.8, 4) is 0 Å². The summed E-state index contributed by atoms with van der Waals surface area (Å²) in [6.45, 7) is 1.02. The molecular formula is C6H14N3O11P3. The summed E-state index contributed by atoms with van der Waals surface area (Å²) >= 11 is 0. The molecule has 17 heteroatoms. The second-order valence-corrected chi connectivity index (χ2v) is 8.80. The lowest BCUT2D eigenvalue weighted by atomic mass is 10.1. The fraction of sp³-hybridized carbons (Fsp3) is 1.00. The van der Waals surface area contributed by atoms with Gasteiger partial charge in [0.05, 0.1) is 24.9 Å². The summed E-state index contributed by atoms with van der Waals surface area (Å²) in [6.07, 6.45) is -0.903. The van der Waals surface area contributed by atoms with E-state index in [2.05, 4.69) is 23.2 Å². The smallest absolute Gasteiger partial charge is 0.372 e. The van der Waals surface area contributed by atoms with Crippen LogP contribution in [0.1, 0.15) is 13.3 Å². The number of hydrogen-bond donors (Lipinski definition) is 4. The minimum absolute atomic E-state index is 0.319. The Bertz CT molecular complexity index is 614. The van der Waals surface area contributed by atoms with Gasteiger partial charge >= 0.3 is 23.5 Å². The van der Waals surface area contributed by atoms with Crippen molar-refractivity contribution in [3.63, 3.8) is 0 Å². The van der Waals surface area contributed by atoms with E-state index in [1.165, 1.54) is 0 Å². The maximum absolute atomic E-state index is 11.5. The Morgan fingerprint density at radius 1 is 1.22 bits per heavy atom. The van der Waals surface area contributed by atoms with Crippen LogP contribution in [0.3, 0.4) is 0 Å². The van der Waals surface area contributed by atoms with Gasteiger partial charge in [0.15, 0.2) is 0 Å². The second kappa shape index (κ2) is 7.71. The van der Waals surface area contributed by atoms with Gasteiger partial charge in [0, 0.05) is 4.91 Å². The highest BCUT2D eigenvalue weighted by molar-refractivity contribution is 7.66. The molecule has 0 spiro atoms. The van der Waals surface area contributed by atoms with Gasteiger partial charge in [-0.3, -0.25) is 4.52 Å². The van der Waals surface area contributed by atoms with E-state index in [4.69, 9.17) is 24.9 Å². The topological polar surface area (TPSA) is 218 Å². The average Bonchev–Trinajstić information content (AvgIpc) is 2.63. The lowest BCUT2D eigenvalue weighted by Gasteiger charge is -2.19. The Kier molecular flexibility index (Phi) is 6.95. The molecule has 23 heavy (non-hydrogen) atoms. The van der Waals surface area contributed by atoms with Crippen molar-refractivity contribution in [3.05, 3.63) is 10.4 Å². The van der Waals surface area contributed by atoms with Gasteiger partial charge < -0.3 is 24.3 Å². The number of phosphoric acid groups is 3. The van der Waals surface area contributed by atoms with Crippen molar-refractivity contribution in [1.29, 1.82) is 0 Å². The van der Waals surface area contributed by atoms with E-state index in [9.17, 15) is 18.6 Å². The molecule has 1 heterocycles. The molecule has 134 valence electrons. The zero-order valence-corrected chi connectivity index (χ0v) is 14.2. The first kappa shape index (κ1) is 20.7. The summed E-state index contributed by atoms with van der Waals surface area (Å²) in [5.74, 6) is 0. The molecule has 1 rings (SSSR count). The van der Waals surface area contributed by atoms with Crippen LogP contribution in [-0.4, -0.2) is 44.4 Å². The van der Waals surface area contributed by atoms with Crippen LogP contribution < -0.4 is 0 Å². The number of nitrogens with zero attached hydrogens (tertiary/aromatic N) is 3. The second-order valence-electron chi connectivity index (χ2n) is 4.38. The number of azide groups is 1. The van der Waals surface area contributed by atoms with Gasteiger partial charge in [0.1, 0.15) is 0 Å². The molecule has 0 aromatic rings. The number of phosphoric ester groups is 1. The maximum Gasteiger partial charge on any atom is 0.490 e. The van der Waals surface area contributed by atoms with Gasteiger partial charge in [-0.2, -0.15) is 8.62 Å². The molecule has 1 fully saturated rings. The number of ether oxygens (including phenoxy) is 1. The Labute approximate surface area is 129 Å². The Morgan fingerprint density at radius 3 is 2.35 bits per heavy atom. The van der Waals surface area contributed by atoms with Gasteiger partial charge in [-0.1, -0.05) is 5.11 Å². The third-order valence-corrected chi connectivity index (χ3v) is 6.23. The number of rotatable bonds is 8. The van der Waals surface area contributed by atoms with E-state index in [-0.39, 0.29) is 6.10 Å². The van der Waals surface area contributed by atoms with Crippen LogP contribution in [0.4, 0.5) is 0 Å². The summed E-state index contributed by atoms with van der Waals surface area (Å²) < 4.78 is 49.8. The van der Waals surface area contributed by atoms with Crippen molar-refractivity contribution >= 4 is 23.5 Å². The van der Waals surface area contributed by atoms with E-state index in [1.54, 1.807) is 6.92 Å². The molecule has 0 aromatic carbocycles. The van der Waals surface area contributed by atoms with Crippen LogP contribution >= 0.6 is 23.5 Å². The predicted molar refractivity (Wildman–Crippen MR) is 71.7 cm³/mol. The minimum atomic E-state index is -5.56. The number of hydrogen-bond acceptors (Lipinski definition) is 8. The summed E-state index contributed by atoms with van der Waals surface area (Å²) in [7, 11) is -16.2. The maximum atomic E-state index is 11.5. The monoisotopic (exact) mass is 397 g/mol. The molecule has 0 amide bonds. The highest BCUT2D eigenvalue weighted by Crippen LogP contribution is 2.66. The minimum Gasteiger partial charge on any atom is -0.372 e. The highest BCUT2D eigenvalue weighted by Gasteiger charge is 2.42. The highest BCUT2D eigenvalue weighted by atomic mass is 31.3. The zero-order chi connectivity index (χ0) is 17.9. The Hall–Kier alpha value is -0.320. The van der Waals surface area contributed by atoms with Crippen LogP contribution in [0.25, 0.3) is 10.4 Å². The molecule has 5 atom stereocenters. The van der Waals surface area contributed by atoms with Crippen molar-refractivity contribution < 1.29 is 51.2 Å². The largest absolute Gasteiger partial charge is 0.490 e. The van der Waals surface area contributed by atoms with Crippen LogP contribution in [0.5, 0.6) is 0 Å². The first-order valence-electron chi connectivity index (χ1n) is 5.81. The van der Waals surface area contributed by atoms with E-state index in [0.29, 0.717) is 6.42 Å². The fourth-order valence-corrected chi connectivity index (χ4v) is 4.78. The zero-order valence-electron chi connectivity index (χ0n) is 11.5. The molecule has 1 saturated heterocycles. The first-order valence-corrected chi connectivity index (χ1v) is 10.3. The molecule has 0 aromatic heterocycles. The summed E-state index contributed by atoms with van der Waals surface area (Å²) in [6, 6.07) is -0.692. The van der Waals surface area contributed by atoms with Gasteiger partial charge in [-0.05, 0) is 18.9 Å². The van der Waals surface area contributed by atoms with E-state index in [0.717, 1.165) is 0 Å². The van der Waals surface area contributed by atoms with Crippen LogP contribution in [0.2, 0.25) is 0 Å². The Morgan fingerprint density at radius 2 is 1.83 bits per heavy atom. The molecule has 1 aliphatic heterocycles. The molecule has 14 nitrogen and oxygen atoms in total. The molecule has 0 radical (unpaired) electrons. The SMILES string of the molecule is C[C@H]1C[C@@H](N=[N+]=[N-])[C@@H](COP(=O)(O)OP(=O)(O)OP(=O)(O)O)O1. The quantitative estimate of drug-likeness (QED) is 0.197. The van der Waals surface area contributed by atoms with Crippen LogP contribution in [0, 0.1) is 0 Å². The molecule has 1 aliphatic rings. The van der Waals surface area contributed by atoms with E-state index >= 15 is 0 Å². The molecule has 4 N–H and O–H groups in total. The normalized spacial score (nSPS) is 30.2. The third-order valence-electron chi connectivity index (χ3n) is 2.43. The summed E-state index contributed by atoms with van der Waals surface area (Å²) in [4.78, 5) is 37.6. The van der Waals surface area contributed by atoms with E-state index in [1.807, 2.05) is 0 Å². The van der Waals surface area contributed by atoms with Crippen molar-refractivity contribution in [2.24, 2.45) is 5.11 Å². The van der Waals surface area contributed by atoms with Gasteiger partial charge in [0.25, 0.3) is 0 Å². The van der Waals surface area contributed by atoms with Gasteiger partial charge in [-0.15, -0.1) is 0 Å². The lowest BCUT2D eigenvalue weighted by molar-refractivity contribution is 0.0145. The standard InChI is InChI=1S/C6H14N3O11P3/c1-4-2-5(8-9-7)6(18-4)3-17-22(13,14)20-23(15,16)19-21(10,11)12/h4-6H,2-3H2,1H3,(H,13,14)(H,15,16)(H2,10,11,12)/t4-,5+,6+/m0/s1. The Balaban J connectivity index is 2.65. The molecular weight excluding hydrogens is 383 g/mol. The summed E-state index contributed by atoms with van der Waals surface area (Å²) in [5, 5.41) is 3.41. The molecule has 0 aliphatic carbocycles. The van der Waals surface area contributed by atoms with Crippen molar-refractivity contribution in [2.45, 2.75) is 31.6 Å². The van der Waals surface area contributed by atoms with E-state index < -0.39 is 42.2 Å². The van der Waals surface area contributed by atoms with Gasteiger partial charge in [0.2, 0.25) is 0 Å². The van der Waals surface area contributed by atoms with Crippen LogP contribution in [0.15, 0.2) is 5.11 Å². The van der Waals surface area contributed by atoms with Crippen molar-refractivity contribution in [2.75, 3.05) is 6.61 Å². The summed E-state index contributed by atoms with van der Waals surface area (Å²) in [5.41, 5.74) is 8.39. The van der Waals surface area contributed by atoms with Crippen LogP contribution in [-0.2, 0) is 31.6 Å². The fourth-order valence-electron chi connectivity index (χ4n) is 1.75. The van der Waals surface area contributed by atoms with Gasteiger partial charge in [-0.25, -0.2) is 13.7 Å². The predicted octanol–water partition coefficient (Wildman–Crippen LogP) is 1.19. The average molecular weight is 397 g/mol. The third kappa shape index (κ3) is 7.86. The lowest BCUT2D eigenvalue weighted by Crippen LogP contribution is -2.24. The molecule has 0 saturated carbocycles. The molecule has 2 unspecified atom stereocenters.